The summed E-state index contributed by atoms with van der Waals surface area (Å²) < 4.78 is 14.1. The van der Waals surface area contributed by atoms with Gasteiger partial charge in [0.1, 0.15) is 5.82 Å². The van der Waals surface area contributed by atoms with Gasteiger partial charge in [-0.2, -0.15) is 0 Å². The number of carbonyl (C=O) groups excluding carboxylic acids is 1. The van der Waals surface area contributed by atoms with E-state index in [9.17, 15) is 9.18 Å². The van der Waals surface area contributed by atoms with Gasteiger partial charge in [-0.15, -0.1) is 0 Å². The molecule has 0 unspecified atom stereocenters. The van der Waals surface area contributed by atoms with Crippen molar-refractivity contribution in [3.05, 3.63) is 39.1 Å². The molecule has 2 nitrogen and oxygen atoms in total. The lowest BCUT2D eigenvalue weighted by atomic mass is 10.2. The minimum Gasteiger partial charge on any atom is -0.356 e. The van der Waals surface area contributed by atoms with Crippen molar-refractivity contribution in [2.45, 2.75) is 13.3 Å². The van der Waals surface area contributed by atoms with Gasteiger partial charge in [0.05, 0.1) is 0 Å². The number of halogens is 3. The van der Waals surface area contributed by atoms with Gasteiger partial charge >= 0.3 is 0 Å². The first-order valence-corrected chi connectivity index (χ1v) is 6.23. The Bertz CT molecular complexity index is 425. The highest BCUT2D eigenvalue weighted by Crippen LogP contribution is 2.25. The maximum absolute atomic E-state index is 13.5. The fourth-order valence-electron chi connectivity index (χ4n) is 1.25. The highest BCUT2D eigenvalue weighted by Gasteiger charge is 2.05. The zero-order valence-electron chi connectivity index (χ0n) is 9.27. The van der Waals surface area contributed by atoms with Gasteiger partial charge in [0.2, 0.25) is 5.91 Å². The zero-order valence-corrected chi connectivity index (χ0v) is 11.6. The summed E-state index contributed by atoms with van der Waals surface area (Å²) >= 11 is 8.94. The number of carbonyl (C=O) groups is 1. The summed E-state index contributed by atoms with van der Waals surface area (Å²) in [4.78, 5) is 10.6. The highest BCUT2D eigenvalue weighted by molar-refractivity contribution is 9.10. The van der Waals surface area contributed by atoms with Gasteiger partial charge in [-0.05, 0) is 18.6 Å². The van der Waals surface area contributed by atoms with E-state index in [0.717, 1.165) is 0 Å². The Morgan fingerprint density at radius 1 is 1.59 bits per heavy atom. The summed E-state index contributed by atoms with van der Waals surface area (Å²) in [7, 11) is 0. The SMILES string of the molecule is CC(=O)NCCC=Cc1c(F)cc(Cl)cc1Br. The maximum Gasteiger partial charge on any atom is 0.216 e. The van der Waals surface area contributed by atoms with Crippen LogP contribution in [-0.2, 0) is 4.79 Å². The highest BCUT2D eigenvalue weighted by atomic mass is 79.9. The first kappa shape index (κ1) is 14.2. The third kappa shape index (κ3) is 4.88. The van der Waals surface area contributed by atoms with E-state index in [-0.39, 0.29) is 11.7 Å². The van der Waals surface area contributed by atoms with Gasteiger partial charge in [0.15, 0.2) is 0 Å². The van der Waals surface area contributed by atoms with Gasteiger partial charge in [-0.1, -0.05) is 39.7 Å². The molecule has 0 aromatic heterocycles. The molecule has 0 aliphatic heterocycles. The summed E-state index contributed by atoms with van der Waals surface area (Å²) in [6.45, 7) is 2.00. The van der Waals surface area contributed by atoms with Crippen LogP contribution in [0.15, 0.2) is 22.7 Å². The molecule has 1 N–H and O–H groups in total. The zero-order chi connectivity index (χ0) is 12.8. The third-order valence-corrected chi connectivity index (χ3v) is 2.89. The summed E-state index contributed by atoms with van der Waals surface area (Å²) in [6.07, 6.45) is 4.11. The van der Waals surface area contributed by atoms with Crippen LogP contribution in [0.2, 0.25) is 5.02 Å². The van der Waals surface area contributed by atoms with Crippen molar-refractivity contribution in [1.29, 1.82) is 0 Å². The van der Waals surface area contributed by atoms with Crippen molar-refractivity contribution in [3.63, 3.8) is 0 Å². The van der Waals surface area contributed by atoms with Gasteiger partial charge in [-0.25, -0.2) is 4.39 Å². The average Bonchev–Trinajstić information content (AvgIpc) is 2.20. The van der Waals surface area contributed by atoms with Gasteiger partial charge in [0, 0.05) is 28.5 Å². The van der Waals surface area contributed by atoms with E-state index in [0.29, 0.717) is 28.0 Å². The summed E-state index contributed by atoms with van der Waals surface area (Å²) in [5.74, 6) is -0.447. The molecule has 0 atom stereocenters. The molecule has 17 heavy (non-hydrogen) atoms. The molecule has 5 heteroatoms. The quantitative estimate of drug-likeness (QED) is 0.840. The van der Waals surface area contributed by atoms with Crippen LogP contribution in [0.4, 0.5) is 4.39 Å². The molecule has 0 aliphatic rings. The molecule has 92 valence electrons. The number of nitrogens with one attached hydrogen (secondary N) is 1. The largest absolute Gasteiger partial charge is 0.356 e. The van der Waals surface area contributed by atoms with E-state index in [1.165, 1.54) is 13.0 Å². The average molecular weight is 321 g/mol. The first-order valence-electron chi connectivity index (χ1n) is 5.06. The minimum atomic E-state index is -0.375. The smallest absolute Gasteiger partial charge is 0.216 e. The van der Waals surface area contributed by atoms with Crippen molar-refractivity contribution >= 4 is 39.5 Å². The van der Waals surface area contributed by atoms with E-state index >= 15 is 0 Å². The Hall–Kier alpha value is -0.870. The van der Waals surface area contributed by atoms with Crippen molar-refractivity contribution in [3.8, 4) is 0 Å². The fraction of sp³-hybridized carbons (Fsp3) is 0.250. The van der Waals surface area contributed by atoms with E-state index < -0.39 is 0 Å². The van der Waals surface area contributed by atoms with Crippen LogP contribution in [0.5, 0.6) is 0 Å². The maximum atomic E-state index is 13.5. The second kappa shape index (κ2) is 6.77. The topological polar surface area (TPSA) is 29.1 Å². The second-order valence-electron chi connectivity index (χ2n) is 3.46. The molecule has 0 aliphatic carbocycles. The molecule has 0 heterocycles. The number of amides is 1. The van der Waals surface area contributed by atoms with Crippen molar-refractivity contribution in [2.24, 2.45) is 0 Å². The molecule has 0 bridgehead atoms. The summed E-state index contributed by atoms with van der Waals surface area (Å²) in [6, 6.07) is 2.90. The lowest BCUT2D eigenvalue weighted by molar-refractivity contribution is -0.118. The van der Waals surface area contributed by atoms with Gasteiger partial charge in [0.25, 0.3) is 0 Å². The lowest BCUT2D eigenvalue weighted by Crippen LogP contribution is -2.20. The molecule has 1 aromatic carbocycles. The number of rotatable bonds is 4. The fourth-order valence-corrected chi connectivity index (χ4v) is 2.15. The van der Waals surface area contributed by atoms with Crippen molar-refractivity contribution in [1.82, 2.24) is 5.32 Å². The predicted molar refractivity (Wildman–Crippen MR) is 71.4 cm³/mol. The number of hydrogen-bond acceptors (Lipinski definition) is 1. The minimum absolute atomic E-state index is 0.0720. The Kier molecular flexibility index (Phi) is 5.65. The van der Waals surface area contributed by atoms with E-state index in [2.05, 4.69) is 21.2 Å². The normalized spacial score (nSPS) is 10.8. The van der Waals surface area contributed by atoms with Crippen LogP contribution < -0.4 is 5.32 Å². The van der Waals surface area contributed by atoms with E-state index in [1.54, 1.807) is 18.2 Å². The van der Waals surface area contributed by atoms with Crippen molar-refractivity contribution in [2.75, 3.05) is 6.54 Å². The molecule has 0 fully saturated rings. The first-order chi connectivity index (χ1) is 8.00. The van der Waals surface area contributed by atoms with Gasteiger partial charge < -0.3 is 5.32 Å². The molecule has 0 radical (unpaired) electrons. The van der Waals surface area contributed by atoms with E-state index in [1.807, 2.05) is 0 Å². The van der Waals surface area contributed by atoms with Crippen LogP contribution in [-0.4, -0.2) is 12.5 Å². The van der Waals surface area contributed by atoms with Crippen LogP contribution in [0, 0.1) is 5.82 Å². The monoisotopic (exact) mass is 319 g/mol. The molecule has 0 spiro atoms. The number of hydrogen-bond donors (Lipinski definition) is 1. The Morgan fingerprint density at radius 2 is 2.29 bits per heavy atom. The molecule has 1 rings (SSSR count). The Balaban J connectivity index is 2.62. The van der Waals surface area contributed by atoms with Crippen molar-refractivity contribution < 1.29 is 9.18 Å². The standard InChI is InChI=1S/C12H12BrClFNO/c1-8(17)16-5-3-2-4-10-11(13)6-9(14)7-12(10)15/h2,4,6-7H,3,5H2,1H3,(H,16,17). The summed E-state index contributed by atoms with van der Waals surface area (Å²) in [5, 5.41) is 3.01. The molecule has 1 amide bonds. The van der Waals surface area contributed by atoms with Crippen LogP contribution in [0.3, 0.4) is 0 Å². The molecule has 0 saturated carbocycles. The molecule has 0 saturated heterocycles. The van der Waals surface area contributed by atoms with Crippen LogP contribution >= 0.6 is 27.5 Å². The van der Waals surface area contributed by atoms with Crippen LogP contribution in [0.1, 0.15) is 18.9 Å². The van der Waals surface area contributed by atoms with Crippen LogP contribution in [0.25, 0.3) is 6.08 Å². The van der Waals surface area contributed by atoms with Gasteiger partial charge in [-0.3, -0.25) is 4.79 Å². The second-order valence-corrected chi connectivity index (χ2v) is 4.75. The molecule has 1 aromatic rings. The number of benzene rings is 1. The predicted octanol–water partition coefficient (Wildman–Crippen LogP) is 3.78. The third-order valence-electron chi connectivity index (χ3n) is 2.01. The lowest BCUT2D eigenvalue weighted by Gasteiger charge is -2.02. The Morgan fingerprint density at radius 3 is 2.88 bits per heavy atom. The van der Waals surface area contributed by atoms with E-state index in [4.69, 9.17) is 11.6 Å². The Labute approximate surface area is 113 Å². The molecular weight excluding hydrogens is 308 g/mol. The summed E-state index contributed by atoms with van der Waals surface area (Å²) in [5.41, 5.74) is 0.456. The molecular formula is C12H12BrClFNO.